The van der Waals surface area contributed by atoms with Crippen molar-refractivity contribution in [1.29, 1.82) is 0 Å². The highest BCUT2D eigenvalue weighted by molar-refractivity contribution is 9.10. The third kappa shape index (κ3) is 3.50. The lowest BCUT2D eigenvalue weighted by Gasteiger charge is -2.15. The molecule has 1 aromatic rings. The molecule has 2 unspecified atom stereocenters. The van der Waals surface area contributed by atoms with Crippen LogP contribution < -0.4 is 4.74 Å². The van der Waals surface area contributed by atoms with Gasteiger partial charge in [0.15, 0.2) is 0 Å². The van der Waals surface area contributed by atoms with Crippen LogP contribution in [0.3, 0.4) is 0 Å². The number of rotatable bonds is 6. The summed E-state index contributed by atoms with van der Waals surface area (Å²) < 4.78 is 11.4. The first kappa shape index (κ1) is 14.8. The second-order valence-corrected chi connectivity index (χ2v) is 6.63. The maximum Gasteiger partial charge on any atom is 0.133 e. The molecule has 19 heavy (non-hydrogen) atoms. The minimum atomic E-state index is -0.390. The third-order valence-electron chi connectivity index (χ3n) is 3.81. The van der Waals surface area contributed by atoms with Crippen molar-refractivity contribution in [2.45, 2.75) is 26.4 Å². The van der Waals surface area contributed by atoms with Crippen molar-refractivity contribution in [2.24, 2.45) is 11.3 Å². The Bertz CT molecular complexity index is 445. The molecule has 0 aliphatic heterocycles. The van der Waals surface area contributed by atoms with Gasteiger partial charge in [0.2, 0.25) is 0 Å². The summed E-state index contributed by atoms with van der Waals surface area (Å²) in [6.07, 6.45) is 0.692. The fourth-order valence-corrected chi connectivity index (χ4v) is 2.84. The van der Waals surface area contributed by atoms with Crippen LogP contribution in [0, 0.1) is 11.3 Å². The summed E-state index contributed by atoms with van der Waals surface area (Å²) in [5, 5.41) is 10.3. The number of halogens is 1. The fourth-order valence-electron chi connectivity index (χ4n) is 2.33. The maximum atomic E-state index is 10.3. The Labute approximate surface area is 123 Å². The van der Waals surface area contributed by atoms with Gasteiger partial charge < -0.3 is 14.6 Å². The van der Waals surface area contributed by atoms with Gasteiger partial charge in [-0.2, -0.15) is 0 Å². The molecule has 0 bridgehead atoms. The highest BCUT2D eigenvalue weighted by atomic mass is 79.9. The maximum absolute atomic E-state index is 10.3. The van der Waals surface area contributed by atoms with E-state index in [0.717, 1.165) is 22.2 Å². The molecule has 0 heterocycles. The van der Waals surface area contributed by atoms with Gasteiger partial charge in [-0.25, -0.2) is 0 Å². The first-order valence-corrected chi connectivity index (χ1v) is 7.34. The molecule has 0 amide bonds. The van der Waals surface area contributed by atoms with E-state index in [2.05, 4.69) is 29.8 Å². The molecular weight excluding hydrogens is 308 g/mol. The molecule has 1 saturated carbocycles. The predicted molar refractivity (Wildman–Crippen MR) is 78.4 cm³/mol. The van der Waals surface area contributed by atoms with Gasteiger partial charge >= 0.3 is 0 Å². The van der Waals surface area contributed by atoms with Crippen LogP contribution >= 0.6 is 15.9 Å². The van der Waals surface area contributed by atoms with E-state index in [-0.39, 0.29) is 11.5 Å². The molecule has 0 saturated heterocycles. The molecule has 106 valence electrons. The van der Waals surface area contributed by atoms with E-state index in [9.17, 15) is 5.11 Å². The summed E-state index contributed by atoms with van der Waals surface area (Å²) in [6, 6.07) is 5.78. The minimum Gasteiger partial charge on any atom is -0.490 e. The van der Waals surface area contributed by atoms with Crippen LogP contribution in [0.15, 0.2) is 22.7 Å². The number of methoxy groups -OCH3 is 1. The van der Waals surface area contributed by atoms with Gasteiger partial charge in [-0.3, -0.25) is 0 Å². The molecule has 1 aliphatic rings. The average Bonchev–Trinajstić information content (AvgIpc) is 3.00. The lowest BCUT2D eigenvalue weighted by molar-refractivity contribution is 0.137. The summed E-state index contributed by atoms with van der Waals surface area (Å²) in [5.74, 6) is 1.14. The number of aliphatic hydroxyl groups excluding tert-OH is 1. The summed E-state index contributed by atoms with van der Waals surface area (Å²) >= 11 is 3.49. The first-order valence-electron chi connectivity index (χ1n) is 6.55. The summed E-state index contributed by atoms with van der Waals surface area (Å²) in [6.45, 7) is 5.47. The second kappa shape index (κ2) is 5.81. The molecule has 4 heteroatoms. The molecule has 2 rings (SSSR count). The molecule has 0 spiro atoms. The van der Waals surface area contributed by atoms with E-state index in [1.807, 2.05) is 18.2 Å². The topological polar surface area (TPSA) is 38.7 Å². The third-order valence-corrected chi connectivity index (χ3v) is 4.43. The average molecular weight is 329 g/mol. The SMILES string of the molecule is COCCOc1ccc(C(O)C2CC2(C)C)cc1Br. The Kier molecular flexibility index (Phi) is 4.54. The van der Waals surface area contributed by atoms with Crippen LogP contribution in [0.5, 0.6) is 5.75 Å². The highest BCUT2D eigenvalue weighted by Gasteiger charge is 2.50. The predicted octanol–water partition coefficient (Wildman–Crippen LogP) is 3.55. The second-order valence-electron chi connectivity index (χ2n) is 5.78. The van der Waals surface area contributed by atoms with Crippen molar-refractivity contribution in [3.8, 4) is 5.75 Å². The first-order chi connectivity index (χ1) is 8.95. The van der Waals surface area contributed by atoms with Gasteiger partial charge in [-0.15, -0.1) is 0 Å². The monoisotopic (exact) mass is 328 g/mol. The van der Waals surface area contributed by atoms with Gasteiger partial charge in [-0.1, -0.05) is 19.9 Å². The Morgan fingerprint density at radius 3 is 2.63 bits per heavy atom. The quantitative estimate of drug-likeness (QED) is 0.811. The van der Waals surface area contributed by atoms with Crippen molar-refractivity contribution >= 4 is 15.9 Å². The van der Waals surface area contributed by atoms with Crippen LogP contribution in [-0.2, 0) is 4.74 Å². The Balaban J connectivity index is 2.02. The van der Waals surface area contributed by atoms with Crippen molar-refractivity contribution in [2.75, 3.05) is 20.3 Å². The minimum absolute atomic E-state index is 0.263. The van der Waals surface area contributed by atoms with E-state index in [0.29, 0.717) is 19.1 Å². The summed E-state index contributed by atoms with van der Waals surface area (Å²) in [7, 11) is 1.65. The van der Waals surface area contributed by atoms with E-state index in [4.69, 9.17) is 9.47 Å². The number of hydrogen-bond donors (Lipinski definition) is 1. The Morgan fingerprint density at radius 2 is 2.11 bits per heavy atom. The van der Waals surface area contributed by atoms with E-state index >= 15 is 0 Å². The normalized spacial score (nSPS) is 22.1. The molecule has 3 nitrogen and oxygen atoms in total. The molecule has 1 aromatic carbocycles. The lowest BCUT2D eigenvalue weighted by Crippen LogP contribution is -2.07. The van der Waals surface area contributed by atoms with E-state index in [1.54, 1.807) is 7.11 Å². The highest BCUT2D eigenvalue weighted by Crippen LogP contribution is 2.57. The van der Waals surface area contributed by atoms with Crippen molar-refractivity contribution in [3.63, 3.8) is 0 Å². The zero-order valence-electron chi connectivity index (χ0n) is 11.6. The molecule has 0 radical (unpaired) electrons. The van der Waals surface area contributed by atoms with Crippen molar-refractivity contribution in [1.82, 2.24) is 0 Å². The largest absolute Gasteiger partial charge is 0.490 e. The number of aliphatic hydroxyl groups is 1. The van der Waals surface area contributed by atoms with Gasteiger partial charge in [0.1, 0.15) is 12.4 Å². The molecule has 1 N–H and O–H groups in total. The smallest absolute Gasteiger partial charge is 0.133 e. The van der Waals surface area contributed by atoms with Crippen molar-refractivity contribution < 1.29 is 14.6 Å². The van der Waals surface area contributed by atoms with Crippen LogP contribution in [0.2, 0.25) is 0 Å². The van der Waals surface area contributed by atoms with Crippen LogP contribution in [-0.4, -0.2) is 25.4 Å². The van der Waals surface area contributed by atoms with Crippen molar-refractivity contribution in [3.05, 3.63) is 28.2 Å². The van der Waals surface area contributed by atoms with Gasteiger partial charge in [0, 0.05) is 7.11 Å². The van der Waals surface area contributed by atoms with Gasteiger partial charge in [0.25, 0.3) is 0 Å². The van der Waals surface area contributed by atoms with E-state index < -0.39 is 0 Å². The standard InChI is InChI=1S/C15H21BrO3/c1-15(2)9-11(15)14(17)10-4-5-13(12(16)8-10)19-7-6-18-3/h4-5,8,11,14,17H,6-7,9H2,1-3H3. The fraction of sp³-hybridized carbons (Fsp3) is 0.600. The molecule has 1 fully saturated rings. The zero-order valence-corrected chi connectivity index (χ0v) is 13.2. The molecule has 2 atom stereocenters. The zero-order chi connectivity index (χ0) is 14.0. The molecule has 1 aliphatic carbocycles. The van der Waals surface area contributed by atoms with E-state index in [1.165, 1.54) is 0 Å². The van der Waals surface area contributed by atoms with Gasteiger partial charge in [0.05, 0.1) is 17.2 Å². The lowest BCUT2D eigenvalue weighted by atomic mass is 10.00. The summed E-state index contributed by atoms with van der Waals surface area (Å²) in [5.41, 5.74) is 1.21. The summed E-state index contributed by atoms with van der Waals surface area (Å²) in [4.78, 5) is 0. The molecule has 0 aromatic heterocycles. The van der Waals surface area contributed by atoms with Crippen LogP contribution in [0.25, 0.3) is 0 Å². The van der Waals surface area contributed by atoms with Crippen LogP contribution in [0.1, 0.15) is 31.9 Å². The van der Waals surface area contributed by atoms with Crippen LogP contribution in [0.4, 0.5) is 0 Å². The number of benzene rings is 1. The number of hydrogen-bond acceptors (Lipinski definition) is 3. The number of ether oxygens (including phenoxy) is 2. The van der Waals surface area contributed by atoms with Gasteiger partial charge in [-0.05, 0) is 51.4 Å². The molecular formula is C15H21BrO3. The Morgan fingerprint density at radius 1 is 1.42 bits per heavy atom. The Hall–Kier alpha value is -0.580.